The molecular weight excluding hydrogens is 100 g/mol. The Hall–Kier alpha value is -0.920. The second-order valence-corrected chi connectivity index (χ2v) is 1.65. The molecule has 0 bridgehead atoms. The van der Waals surface area contributed by atoms with Crippen LogP contribution in [0.3, 0.4) is 0 Å². The average Bonchev–Trinajstić information content (AvgIpc) is 1.77. The van der Waals surface area contributed by atoms with E-state index in [-0.39, 0.29) is 0 Å². The minimum absolute atomic E-state index is 0.718. The Balaban J connectivity index is 3.03. The van der Waals surface area contributed by atoms with Crippen molar-refractivity contribution in [1.29, 1.82) is 0 Å². The first-order valence-corrected chi connectivity index (χ1v) is 2.39. The van der Waals surface area contributed by atoms with Crippen LogP contribution < -0.4 is 0 Å². The van der Waals surface area contributed by atoms with Crippen molar-refractivity contribution >= 4 is 0 Å². The molecule has 0 aliphatic heterocycles. The first-order chi connectivity index (χ1) is 3.79. The zero-order valence-corrected chi connectivity index (χ0v) is 4.76. The molecule has 0 spiro atoms. The Morgan fingerprint density at radius 3 is 2.50 bits per heavy atom. The number of nitrogens with zero attached hydrogens (tertiary/aromatic N) is 2. The summed E-state index contributed by atoms with van der Waals surface area (Å²) in [6.07, 6.45) is 3.34. The highest BCUT2D eigenvalue weighted by Gasteiger charge is 1.82. The van der Waals surface area contributed by atoms with Crippen LogP contribution in [0.4, 0.5) is 0 Å². The molecule has 0 unspecified atom stereocenters. The summed E-state index contributed by atoms with van der Waals surface area (Å²) in [5.41, 5.74) is 1.65. The van der Waals surface area contributed by atoms with Crippen molar-refractivity contribution in [2.24, 2.45) is 0 Å². The second-order valence-electron chi connectivity index (χ2n) is 1.65. The molecule has 0 aliphatic rings. The summed E-state index contributed by atoms with van der Waals surface area (Å²) < 4.78 is 0. The van der Waals surface area contributed by atoms with Gasteiger partial charge in [-0.05, 0) is 13.8 Å². The first-order valence-electron chi connectivity index (χ1n) is 2.39. The van der Waals surface area contributed by atoms with Gasteiger partial charge in [-0.15, -0.1) is 0 Å². The molecule has 8 heavy (non-hydrogen) atoms. The third-order valence-corrected chi connectivity index (χ3v) is 0.834. The van der Waals surface area contributed by atoms with Gasteiger partial charge in [0.25, 0.3) is 0 Å². The van der Waals surface area contributed by atoms with Crippen molar-refractivity contribution in [2.75, 3.05) is 0 Å². The molecule has 0 amide bonds. The van der Waals surface area contributed by atoms with Crippen molar-refractivity contribution in [3.05, 3.63) is 30.7 Å². The second kappa shape index (κ2) is 1.90. The van der Waals surface area contributed by atoms with E-state index in [0.717, 1.165) is 11.4 Å². The van der Waals surface area contributed by atoms with Gasteiger partial charge in [0, 0.05) is 12.4 Å². The van der Waals surface area contributed by atoms with Crippen LogP contribution in [-0.4, -0.2) is 9.97 Å². The molecule has 1 rings (SSSR count). The Labute approximate surface area is 48.6 Å². The topological polar surface area (TPSA) is 25.8 Å². The average molecular weight is 107 g/mol. The van der Waals surface area contributed by atoms with Crippen LogP contribution in [-0.2, 0) is 0 Å². The van der Waals surface area contributed by atoms with E-state index in [2.05, 4.69) is 16.9 Å². The van der Waals surface area contributed by atoms with Crippen molar-refractivity contribution in [3.63, 3.8) is 0 Å². The lowest BCUT2D eigenvalue weighted by Crippen LogP contribution is -1.84. The van der Waals surface area contributed by atoms with Crippen LogP contribution in [0.2, 0.25) is 0 Å². The fraction of sp³-hybridized carbons (Fsp3) is 0.167. The predicted molar refractivity (Wildman–Crippen MR) is 31.2 cm³/mol. The highest BCUT2D eigenvalue weighted by atomic mass is 14.8. The minimum atomic E-state index is 0.718. The van der Waals surface area contributed by atoms with Gasteiger partial charge < -0.3 is 0 Å². The van der Waals surface area contributed by atoms with Gasteiger partial charge in [0.1, 0.15) is 0 Å². The molecule has 1 heterocycles. The van der Waals surface area contributed by atoms with Gasteiger partial charge in [0.05, 0.1) is 11.4 Å². The van der Waals surface area contributed by atoms with Gasteiger partial charge in [-0.25, -0.2) is 0 Å². The molecular formula is C6H7N2. The molecule has 1 aromatic rings. The standard InChI is InChI=1S/C6H7N2/c1-5-3-8-6(2)4-7-5/h3-4H,1H2,2H3. The van der Waals surface area contributed by atoms with E-state index >= 15 is 0 Å². The van der Waals surface area contributed by atoms with Gasteiger partial charge in [-0.2, -0.15) is 0 Å². The Morgan fingerprint density at radius 2 is 2.12 bits per heavy atom. The highest BCUT2D eigenvalue weighted by Crippen LogP contribution is 1.88. The van der Waals surface area contributed by atoms with Gasteiger partial charge in [0.2, 0.25) is 0 Å². The zero-order chi connectivity index (χ0) is 5.98. The lowest BCUT2D eigenvalue weighted by atomic mass is 10.5. The summed E-state index contributed by atoms with van der Waals surface area (Å²) in [6.45, 7) is 5.48. The fourth-order valence-electron chi connectivity index (χ4n) is 0.419. The van der Waals surface area contributed by atoms with E-state index in [1.807, 2.05) is 6.92 Å². The van der Waals surface area contributed by atoms with Crippen LogP contribution in [0, 0.1) is 13.8 Å². The van der Waals surface area contributed by atoms with Gasteiger partial charge in [0.15, 0.2) is 0 Å². The summed E-state index contributed by atoms with van der Waals surface area (Å²) in [7, 11) is 0. The number of hydrogen-bond acceptors (Lipinski definition) is 2. The largest absolute Gasteiger partial charge is 0.258 e. The first kappa shape index (κ1) is 5.22. The number of aromatic nitrogens is 2. The van der Waals surface area contributed by atoms with Gasteiger partial charge >= 0.3 is 0 Å². The van der Waals surface area contributed by atoms with Crippen molar-refractivity contribution < 1.29 is 0 Å². The molecule has 0 aliphatic carbocycles. The monoisotopic (exact) mass is 107 g/mol. The van der Waals surface area contributed by atoms with E-state index < -0.39 is 0 Å². The third kappa shape index (κ3) is 1.03. The normalized spacial score (nSPS) is 9.25. The lowest BCUT2D eigenvalue weighted by molar-refractivity contribution is 1.09. The van der Waals surface area contributed by atoms with E-state index in [0.29, 0.717) is 0 Å². The zero-order valence-electron chi connectivity index (χ0n) is 4.76. The summed E-state index contributed by atoms with van der Waals surface area (Å²) in [6, 6.07) is 0. The van der Waals surface area contributed by atoms with Crippen molar-refractivity contribution in [3.8, 4) is 0 Å². The molecule has 0 N–H and O–H groups in total. The highest BCUT2D eigenvalue weighted by molar-refractivity contribution is 5.02. The Bertz CT molecular complexity index is 145. The van der Waals surface area contributed by atoms with Crippen LogP contribution in [0.1, 0.15) is 11.4 Å². The molecule has 0 aromatic carbocycles. The molecule has 0 fully saturated rings. The fourth-order valence-corrected chi connectivity index (χ4v) is 0.419. The number of aryl methyl sites for hydroxylation is 1. The summed E-state index contributed by atoms with van der Waals surface area (Å²) in [5, 5.41) is 0. The maximum Gasteiger partial charge on any atom is 0.0590 e. The minimum Gasteiger partial charge on any atom is -0.258 e. The van der Waals surface area contributed by atoms with E-state index in [4.69, 9.17) is 0 Å². The lowest BCUT2D eigenvalue weighted by Gasteiger charge is -1.88. The molecule has 0 atom stereocenters. The van der Waals surface area contributed by atoms with E-state index in [1.165, 1.54) is 0 Å². The van der Waals surface area contributed by atoms with Crippen LogP contribution in [0.15, 0.2) is 12.4 Å². The molecule has 2 heteroatoms. The smallest absolute Gasteiger partial charge is 0.0590 e. The van der Waals surface area contributed by atoms with Gasteiger partial charge in [-0.1, -0.05) is 0 Å². The van der Waals surface area contributed by atoms with E-state index in [1.54, 1.807) is 12.4 Å². The summed E-state index contributed by atoms with van der Waals surface area (Å²) in [4.78, 5) is 7.86. The number of rotatable bonds is 0. The van der Waals surface area contributed by atoms with Crippen LogP contribution in [0.5, 0.6) is 0 Å². The van der Waals surface area contributed by atoms with Crippen molar-refractivity contribution in [2.45, 2.75) is 6.92 Å². The molecule has 0 saturated heterocycles. The molecule has 1 aromatic heterocycles. The SMILES string of the molecule is [CH2]c1cnc(C)cn1. The van der Waals surface area contributed by atoms with Gasteiger partial charge in [-0.3, -0.25) is 9.97 Å². The third-order valence-electron chi connectivity index (χ3n) is 0.834. The van der Waals surface area contributed by atoms with E-state index in [9.17, 15) is 0 Å². The molecule has 2 nitrogen and oxygen atoms in total. The molecule has 1 radical (unpaired) electrons. The van der Waals surface area contributed by atoms with Crippen molar-refractivity contribution in [1.82, 2.24) is 9.97 Å². The molecule has 41 valence electrons. The summed E-state index contributed by atoms with van der Waals surface area (Å²) in [5.74, 6) is 0. The number of hydrogen-bond donors (Lipinski definition) is 0. The summed E-state index contributed by atoms with van der Waals surface area (Å²) >= 11 is 0. The van der Waals surface area contributed by atoms with Crippen LogP contribution >= 0.6 is 0 Å². The maximum atomic E-state index is 3.95. The van der Waals surface area contributed by atoms with Crippen LogP contribution in [0.25, 0.3) is 0 Å². The quantitative estimate of drug-likeness (QED) is 0.493. The maximum absolute atomic E-state index is 3.95. The molecule has 0 saturated carbocycles. The Morgan fingerprint density at radius 1 is 1.38 bits per heavy atom. The predicted octanol–water partition coefficient (Wildman–Crippen LogP) is 0.967. The Kier molecular flexibility index (Phi) is 1.24.